The summed E-state index contributed by atoms with van der Waals surface area (Å²) in [5.41, 5.74) is 7.84. The van der Waals surface area contributed by atoms with Crippen LogP contribution in [0.4, 0.5) is 0 Å². The van der Waals surface area contributed by atoms with Gasteiger partial charge in [0, 0.05) is 5.39 Å². The maximum Gasteiger partial charge on any atom is 0.137 e. The van der Waals surface area contributed by atoms with Crippen molar-refractivity contribution in [2.45, 2.75) is 19.9 Å². The van der Waals surface area contributed by atoms with E-state index in [2.05, 4.69) is 0 Å². The zero-order chi connectivity index (χ0) is 9.42. The molecule has 1 heterocycles. The molecule has 1 aromatic heterocycles. The van der Waals surface area contributed by atoms with E-state index in [1.807, 2.05) is 38.1 Å². The molecule has 0 fully saturated rings. The fourth-order valence-electron chi connectivity index (χ4n) is 1.45. The molecule has 68 valence electrons. The molecule has 0 spiro atoms. The van der Waals surface area contributed by atoms with Crippen molar-refractivity contribution in [3.63, 3.8) is 0 Å². The highest BCUT2D eigenvalue weighted by atomic mass is 16.3. The van der Waals surface area contributed by atoms with Crippen LogP contribution in [0.2, 0.25) is 0 Å². The van der Waals surface area contributed by atoms with E-state index in [-0.39, 0.29) is 6.04 Å². The standard InChI is InChI=1S/C11H13NO/c1-7-4-3-5-9-6-10(8(2)12)13-11(7)9/h3-6,8H,12H2,1-2H3. The number of fused-ring (bicyclic) bond motifs is 1. The first-order valence-corrected chi connectivity index (χ1v) is 4.43. The van der Waals surface area contributed by atoms with Crippen LogP contribution in [-0.2, 0) is 0 Å². The van der Waals surface area contributed by atoms with Crippen LogP contribution >= 0.6 is 0 Å². The zero-order valence-electron chi connectivity index (χ0n) is 7.87. The second kappa shape index (κ2) is 2.89. The van der Waals surface area contributed by atoms with Gasteiger partial charge in [0.25, 0.3) is 0 Å². The van der Waals surface area contributed by atoms with Gasteiger partial charge in [0.05, 0.1) is 6.04 Å². The predicted molar refractivity (Wildman–Crippen MR) is 53.6 cm³/mol. The molecule has 0 saturated carbocycles. The molecule has 0 aliphatic carbocycles. The Bertz CT molecular complexity index is 429. The number of nitrogens with two attached hydrogens (primary N) is 1. The highest BCUT2D eigenvalue weighted by molar-refractivity contribution is 5.80. The van der Waals surface area contributed by atoms with Crippen LogP contribution in [0.25, 0.3) is 11.0 Å². The van der Waals surface area contributed by atoms with Crippen LogP contribution in [0.15, 0.2) is 28.7 Å². The molecule has 1 unspecified atom stereocenters. The normalized spacial score (nSPS) is 13.5. The first-order valence-electron chi connectivity index (χ1n) is 4.43. The summed E-state index contributed by atoms with van der Waals surface area (Å²) in [6.45, 7) is 3.96. The maximum absolute atomic E-state index is 5.73. The van der Waals surface area contributed by atoms with Crippen molar-refractivity contribution in [3.8, 4) is 0 Å². The highest BCUT2D eigenvalue weighted by Crippen LogP contribution is 2.24. The zero-order valence-corrected chi connectivity index (χ0v) is 7.87. The molecule has 0 aliphatic heterocycles. The van der Waals surface area contributed by atoms with Crippen LogP contribution < -0.4 is 5.73 Å². The van der Waals surface area contributed by atoms with Gasteiger partial charge < -0.3 is 10.2 Å². The monoisotopic (exact) mass is 175 g/mol. The van der Waals surface area contributed by atoms with Gasteiger partial charge in [0.2, 0.25) is 0 Å². The SMILES string of the molecule is Cc1cccc2cc(C(C)N)oc12. The Labute approximate surface area is 77.3 Å². The first kappa shape index (κ1) is 8.32. The van der Waals surface area contributed by atoms with E-state index in [9.17, 15) is 0 Å². The fraction of sp³-hybridized carbons (Fsp3) is 0.273. The number of hydrogen-bond acceptors (Lipinski definition) is 2. The van der Waals surface area contributed by atoms with Crippen molar-refractivity contribution in [1.29, 1.82) is 0 Å². The molecule has 2 rings (SSSR count). The number of aryl methyl sites for hydroxylation is 1. The van der Waals surface area contributed by atoms with Crippen molar-refractivity contribution in [2.75, 3.05) is 0 Å². The lowest BCUT2D eigenvalue weighted by Gasteiger charge is -1.97. The molecule has 0 aliphatic rings. The van der Waals surface area contributed by atoms with Gasteiger partial charge in [0.1, 0.15) is 11.3 Å². The van der Waals surface area contributed by atoms with Crippen molar-refractivity contribution in [2.24, 2.45) is 5.73 Å². The number of para-hydroxylation sites is 1. The molecular weight excluding hydrogens is 162 g/mol. The van der Waals surface area contributed by atoms with Gasteiger partial charge in [-0.15, -0.1) is 0 Å². The Morgan fingerprint density at radius 2 is 2.15 bits per heavy atom. The van der Waals surface area contributed by atoms with E-state index in [1.165, 1.54) is 0 Å². The summed E-state index contributed by atoms with van der Waals surface area (Å²) in [6, 6.07) is 8.08. The molecule has 1 aromatic carbocycles. The molecule has 2 heteroatoms. The third-order valence-corrected chi connectivity index (χ3v) is 2.21. The maximum atomic E-state index is 5.73. The summed E-state index contributed by atoms with van der Waals surface area (Å²) in [4.78, 5) is 0. The van der Waals surface area contributed by atoms with Crippen LogP contribution in [0, 0.1) is 6.92 Å². The van der Waals surface area contributed by atoms with Gasteiger partial charge in [-0.1, -0.05) is 18.2 Å². The van der Waals surface area contributed by atoms with Crippen LogP contribution in [0.3, 0.4) is 0 Å². The lowest BCUT2D eigenvalue weighted by atomic mass is 10.1. The molecule has 13 heavy (non-hydrogen) atoms. The van der Waals surface area contributed by atoms with Gasteiger partial charge in [-0.05, 0) is 25.5 Å². The highest BCUT2D eigenvalue weighted by Gasteiger charge is 2.08. The number of rotatable bonds is 1. The van der Waals surface area contributed by atoms with E-state index < -0.39 is 0 Å². The first-order chi connectivity index (χ1) is 6.18. The smallest absolute Gasteiger partial charge is 0.137 e. The molecule has 0 saturated heterocycles. The molecular formula is C11H13NO. The molecule has 2 nitrogen and oxygen atoms in total. The van der Waals surface area contributed by atoms with Gasteiger partial charge in [-0.25, -0.2) is 0 Å². The minimum atomic E-state index is -0.0354. The molecule has 2 N–H and O–H groups in total. The Kier molecular flexibility index (Phi) is 1.85. The van der Waals surface area contributed by atoms with E-state index in [4.69, 9.17) is 10.2 Å². The topological polar surface area (TPSA) is 39.2 Å². The molecule has 0 radical (unpaired) electrons. The number of hydrogen-bond donors (Lipinski definition) is 1. The van der Waals surface area contributed by atoms with E-state index in [1.54, 1.807) is 0 Å². The molecule has 0 bridgehead atoms. The van der Waals surface area contributed by atoms with E-state index in [0.29, 0.717) is 0 Å². The second-order valence-electron chi connectivity index (χ2n) is 3.43. The van der Waals surface area contributed by atoms with Gasteiger partial charge >= 0.3 is 0 Å². The largest absolute Gasteiger partial charge is 0.459 e. The average Bonchev–Trinajstić information content (AvgIpc) is 2.49. The molecule has 1 atom stereocenters. The Morgan fingerprint density at radius 1 is 1.38 bits per heavy atom. The summed E-state index contributed by atoms with van der Waals surface area (Å²) in [5, 5.41) is 1.13. The predicted octanol–water partition coefficient (Wildman–Crippen LogP) is 2.76. The third kappa shape index (κ3) is 1.33. The Balaban J connectivity index is 2.68. The van der Waals surface area contributed by atoms with Crippen molar-refractivity contribution < 1.29 is 4.42 Å². The quantitative estimate of drug-likeness (QED) is 0.723. The van der Waals surface area contributed by atoms with Crippen molar-refractivity contribution in [3.05, 3.63) is 35.6 Å². The van der Waals surface area contributed by atoms with Gasteiger partial charge in [-0.3, -0.25) is 0 Å². The Morgan fingerprint density at radius 3 is 2.77 bits per heavy atom. The summed E-state index contributed by atoms with van der Waals surface area (Å²) in [6.07, 6.45) is 0. The number of benzene rings is 1. The Hall–Kier alpha value is -1.28. The molecule has 2 aromatic rings. The van der Waals surface area contributed by atoms with Crippen LogP contribution in [0.1, 0.15) is 24.3 Å². The van der Waals surface area contributed by atoms with Crippen molar-refractivity contribution >= 4 is 11.0 Å². The summed E-state index contributed by atoms with van der Waals surface area (Å²) in [5.74, 6) is 0.851. The second-order valence-corrected chi connectivity index (χ2v) is 3.43. The van der Waals surface area contributed by atoms with Gasteiger partial charge in [-0.2, -0.15) is 0 Å². The summed E-state index contributed by atoms with van der Waals surface area (Å²) in [7, 11) is 0. The third-order valence-electron chi connectivity index (χ3n) is 2.21. The average molecular weight is 175 g/mol. The van der Waals surface area contributed by atoms with Crippen LogP contribution in [0.5, 0.6) is 0 Å². The minimum Gasteiger partial charge on any atom is -0.459 e. The van der Waals surface area contributed by atoms with E-state index in [0.717, 1.165) is 22.3 Å². The fourth-order valence-corrected chi connectivity index (χ4v) is 1.45. The minimum absolute atomic E-state index is 0.0354. The lowest BCUT2D eigenvalue weighted by molar-refractivity contribution is 0.511. The van der Waals surface area contributed by atoms with Crippen molar-refractivity contribution in [1.82, 2.24) is 0 Å². The lowest BCUT2D eigenvalue weighted by Crippen LogP contribution is -2.02. The van der Waals surface area contributed by atoms with Gasteiger partial charge in [0.15, 0.2) is 0 Å². The number of furan rings is 1. The van der Waals surface area contributed by atoms with E-state index >= 15 is 0 Å². The molecule has 0 amide bonds. The van der Waals surface area contributed by atoms with Crippen LogP contribution in [-0.4, -0.2) is 0 Å². The summed E-state index contributed by atoms with van der Waals surface area (Å²) < 4.78 is 5.64. The summed E-state index contributed by atoms with van der Waals surface area (Å²) >= 11 is 0.